The highest BCUT2D eigenvalue weighted by Crippen LogP contribution is 2.22. The Morgan fingerprint density at radius 2 is 1.89 bits per heavy atom. The lowest BCUT2D eigenvalue weighted by Gasteiger charge is -2.32. The molecule has 1 aliphatic rings. The number of piperidine rings is 1. The van der Waals surface area contributed by atoms with Crippen molar-refractivity contribution < 1.29 is 24.2 Å². The van der Waals surface area contributed by atoms with Crippen molar-refractivity contribution in [1.29, 1.82) is 0 Å². The van der Waals surface area contributed by atoms with Gasteiger partial charge in [0.25, 0.3) is 5.91 Å². The summed E-state index contributed by atoms with van der Waals surface area (Å²) >= 11 is 0. The Labute approximate surface area is 110 Å². The molecule has 1 atom stereocenters. The van der Waals surface area contributed by atoms with E-state index in [9.17, 15) is 14.7 Å². The number of aromatic carboxylic acids is 1. The molecule has 104 valence electrons. The van der Waals surface area contributed by atoms with Crippen molar-refractivity contribution in [2.45, 2.75) is 25.9 Å². The number of likely N-dealkylation sites (tertiary alicyclic amines) is 1. The van der Waals surface area contributed by atoms with Gasteiger partial charge in [0.2, 0.25) is 5.76 Å². The Morgan fingerprint density at radius 1 is 1.32 bits per heavy atom. The number of amides is 1. The maximum Gasteiger partial charge on any atom is 0.371 e. The lowest BCUT2D eigenvalue weighted by molar-refractivity contribution is 0.0493. The zero-order valence-corrected chi connectivity index (χ0v) is 10.7. The molecule has 1 amide bonds. The molecule has 19 heavy (non-hydrogen) atoms. The second-order valence-corrected chi connectivity index (χ2v) is 4.84. The monoisotopic (exact) mass is 267 g/mol. The third-order valence-corrected chi connectivity index (χ3v) is 3.54. The van der Waals surface area contributed by atoms with E-state index in [0.29, 0.717) is 13.1 Å². The first kappa shape index (κ1) is 13.6. The topological polar surface area (TPSA) is 91.0 Å². The van der Waals surface area contributed by atoms with E-state index in [4.69, 9.17) is 9.52 Å². The molecule has 1 fully saturated rings. The summed E-state index contributed by atoms with van der Waals surface area (Å²) in [5, 5.41) is 18.2. The van der Waals surface area contributed by atoms with E-state index in [1.54, 1.807) is 11.8 Å². The van der Waals surface area contributed by atoms with Gasteiger partial charge in [-0.05, 0) is 37.8 Å². The molecule has 0 radical (unpaired) electrons. The van der Waals surface area contributed by atoms with Gasteiger partial charge >= 0.3 is 5.97 Å². The van der Waals surface area contributed by atoms with E-state index in [2.05, 4.69) is 0 Å². The summed E-state index contributed by atoms with van der Waals surface area (Å²) in [6.45, 7) is 2.86. The van der Waals surface area contributed by atoms with Crippen molar-refractivity contribution >= 4 is 11.9 Å². The number of carbonyl (C=O) groups excluding carboxylic acids is 1. The smallest absolute Gasteiger partial charge is 0.371 e. The Balaban J connectivity index is 1.99. The van der Waals surface area contributed by atoms with Gasteiger partial charge in [-0.25, -0.2) is 4.79 Å². The maximum atomic E-state index is 12.1. The van der Waals surface area contributed by atoms with Gasteiger partial charge < -0.3 is 19.5 Å². The van der Waals surface area contributed by atoms with Gasteiger partial charge in [-0.2, -0.15) is 0 Å². The van der Waals surface area contributed by atoms with Gasteiger partial charge in [0.1, 0.15) is 0 Å². The third kappa shape index (κ3) is 2.96. The average Bonchev–Trinajstić information content (AvgIpc) is 2.87. The molecular formula is C13H17NO5. The van der Waals surface area contributed by atoms with Crippen LogP contribution in [-0.2, 0) is 0 Å². The van der Waals surface area contributed by atoms with E-state index in [-0.39, 0.29) is 29.4 Å². The molecule has 1 saturated heterocycles. The minimum absolute atomic E-state index is 0.0490. The van der Waals surface area contributed by atoms with Crippen molar-refractivity contribution in [3.05, 3.63) is 23.7 Å². The van der Waals surface area contributed by atoms with Crippen LogP contribution in [0.3, 0.4) is 0 Å². The highest BCUT2D eigenvalue weighted by Gasteiger charge is 2.27. The lowest BCUT2D eigenvalue weighted by atomic mass is 9.92. The van der Waals surface area contributed by atoms with Gasteiger partial charge in [-0.1, -0.05) is 0 Å². The Morgan fingerprint density at radius 3 is 2.37 bits per heavy atom. The first-order valence-corrected chi connectivity index (χ1v) is 6.29. The van der Waals surface area contributed by atoms with E-state index in [0.717, 1.165) is 12.8 Å². The zero-order valence-electron chi connectivity index (χ0n) is 10.7. The van der Waals surface area contributed by atoms with Crippen molar-refractivity contribution in [3.8, 4) is 0 Å². The number of aliphatic hydroxyl groups is 1. The molecule has 1 aromatic heterocycles. The molecule has 6 nitrogen and oxygen atoms in total. The number of aliphatic hydroxyl groups excluding tert-OH is 1. The molecule has 1 unspecified atom stereocenters. The van der Waals surface area contributed by atoms with Crippen LogP contribution in [0.5, 0.6) is 0 Å². The van der Waals surface area contributed by atoms with Crippen LogP contribution in [-0.4, -0.2) is 46.2 Å². The van der Waals surface area contributed by atoms with Crippen molar-refractivity contribution in [1.82, 2.24) is 4.90 Å². The lowest BCUT2D eigenvalue weighted by Crippen LogP contribution is -2.40. The van der Waals surface area contributed by atoms with E-state index < -0.39 is 5.97 Å². The quantitative estimate of drug-likeness (QED) is 0.859. The summed E-state index contributed by atoms with van der Waals surface area (Å²) in [7, 11) is 0. The Hall–Kier alpha value is -1.82. The zero-order chi connectivity index (χ0) is 14.0. The van der Waals surface area contributed by atoms with Crippen LogP contribution in [0.25, 0.3) is 0 Å². The van der Waals surface area contributed by atoms with Gasteiger partial charge in [-0.15, -0.1) is 0 Å². The summed E-state index contributed by atoms with van der Waals surface area (Å²) in [6.07, 6.45) is 1.13. The Bertz CT molecular complexity index is 471. The molecule has 0 aliphatic carbocycles. The van der Waals surface area contributed by atoms with Crippen LogP contribution in [0.1, 0.15) is 40.9 Å². The molecule has 0 saturated carbocycles. The van der Waals surface area contributed by atoms with Crippen LogP contribution >= 0.6 is 0 Å². The molecule has 0 aromatic carbocycles. The third-order valence-electron chi connectivity index (χ3n) is 3.54. The molecule has 1 aromatic rings. The molecular weight excluding hydrogens is 250 g/mol. The fourth-order valence-electron chi connectivity index (χ4n) is 2.31. The minimum atomic E-state index is -1.19. The normalized spacial score (nSPS) is 18.3. The maximum absolute atomic E-state index is 12.1. The summed E-state index contributed by atoms with van der Waals surface area (Å²) in [6, 6.07) is 2.66. The largest absolute Gasteiger partial charge is 0.475 e. The fraction of sp³-hybridized carbons (Fsp3) is 0.538. The average molecular weight is 267 g/mol. The summed E-state index contributed by atoms with van der Waals surface area (Å²) in [5.41, 5.74) is 0. The number of hydrogen-bond donors (Lipinski definition) is 2. The van der Waals surface area contributed by atoms with Crippen LogP contribution in [0, 0.1) is 5.92 Å². The first-order valence-electron chi connectivity index (χ1n) is 6.29. The van der Waals surface area contributed by atoms with Crippen molar-refractivity contribution in [2.24, 2.45) is 5.92 Å². The highest BCUT2D eigenvalue weighted by atomic mass is 16.4. The highest BCUT2D eigenvalue weighted by molar-refractivity contribution is 5.93. The van der Waals surface area contributed by atoms with Crippen molar-refractivity contribution in [3.63, 3.8) is 0 Å². The molecule has 2 rings (SSSR count). The number of carboxylic acid groups (broad SMARTS) is 1. The Kier molecular flexibility index (Phi) is 3.90. The van der Waals surface area contributed by atoms with E-state index >= 15 is 0 Å². The molecule has 2 N–H and O–H groups in total. The SMILES string of the molecule is CC(O)C1CCN(C(=O)c2ccc(C(=O)O)o2)CC1. The van der Waals surface area contributed by atoms with Crippen LogP contribution < -0.4 is 0 Å². The van der Waals surface area contributed by atoms with E-state index in [1.165, 1.54) is 12.1 Å². The van der Waals surface area contributed by atoms with Gasteiger partial charge in [0.15, 0.2) is 5.76 Å². The number of carboxylic acids is 1. The van der Waals surface area contributed by atoms with E-state index in [1.807, 2.05) is 0 Å². The predicted molar refractivity (Wildman–Crippen MR) is 66.0 cm³/mol. The number of rotatable bonds is 3. The summed E-state index contributed by atoms with van der Waals surface area (Å²) < 4.78 is 4.99. The number of carbonyl (C=O) groups is 2. The van der Waals surface area contributed by atoms with Crippen LogP contribution in [0.2, 0.25) is 0 Å². The molecule has 2 heterocycles. The number of hydrogen-bond acceptors (Lipinski definition) is 4. The number of furan rings is 1. The van der Waals surface area contributed by atoms with Gasteiger partial charge in [0, 0.05) is 13.1 Å². The molecule has 6 heteroatoms. The van der Waals surface area contributed by atoms with Crippen LogP contribution in [0.15, 0.2) is 16.5 Å². The number of nitrogens with zero attached hydrogens (tertiary/aromatic N) is 1. The van der Waals surface area contributed by atoms with Crippen LogP contribution in [0.4, 0.5) is 0 Å². The second kappa shape index (κ2) is 5.44. The fourth-order valence-corrected chi connectivity index (χ4v) is 2.31. The molecule has 1 aliphatic heterocycles. The van der Waals surface area contributed by atoms with Crippen molar-refractivity contribution in [2.75, 3.05) is 13.1 Å². The predicted octanol–water partition coefficient (Wildman–Crippen LogP) is 1.21. The first-order chi connectivity index (χ1) is 8.99. The molecule has 0 spiro atoms. The van der Waals surface area contributed by atoms with Gasteiger partial charge in [0.05, 0.1) is 6.10 Å². The van der Waals surface area contributed by atoms with Gasteiger partial charge in [-0.3, -0.25) is 4.79 Å². The molecule has 0 bridgehead atoms. The summed E-state index contributed by atoms with van der Waals surface area (Å²) in [5.74, 6) is -1.45. The second-order valence-electron chi connectivity index (χ2n) is 4.84. The standard InChI is InChI=1S/C13H17NO5/c1-8(15)9-4-6-14(7-5-9)12(16)10-2-3-11(19-10)13(17)18/h2-3,8-9,15H,4-7H2,1H3,(H,17,18). The summed E-state index contributed by atoms with van der Waals surface area (Å²) in [4.78, 5) is 24.4. The minimum Gasteiger partial charge on any atom is -0.475 e.